The highest BCUT2D eigenvalue weighted by Gasteiger charge is 2.53. The molecule has 2 aromatic rings. The van der Waals surface area contributed by atoms with Gasteiger partial charge in [-0.3, -0.25) is 9.69 Å². The average molecular weight is 443 g/mol. The van der Waals surface area contributed by atoms with E-state index in [1.807, 2.05) is 45.0 Å². The Kier molecular flexibility index (Phi) is 5.71. The van der Waals surface area contributed by atoms with E-state index in [0.717, 1.165) is 12.0 Å². The van der Waals surface area contributed by atoms with Gasteiger partial charge in [-0.1, -0.05) is 23.7 Å². The Morgan fingerprint density at radius 1 is 1.16 bits per heavy atom. The van der Waals surface area contributed by atoms with E-state index in [1.165, 1.54) is 0 Å². The summed E-state index contributed by atoms with van der Waals surface area (Å²) >= 11 is 5.87. The molecule has 2 heterocycles. The summed E-state index contributed by atoms with van der Waals surface area (Å²) in [6.07, 6.45) is 1.23. The van der Waals surface area contributed by atoms with Crippen molar-refractivity contribution in [2.24, 2.45) is 0 Å². The van der Waals surface area contributed by atoms with Crippen LogP contribution < -0.4 is 5.32 Å². The molecule has 2 saturated heterocycles. The van der Waals surface area contributed by atoms with Crippen molar-refractivity contribution >= 4 is 29.3 Å². The lowest BCUT2D eigenvalue weighted by molar-refractivity contribution is -0.0521. The first-order valence-corrected chi connectivity index (χ1v) is 10.8. The predicted molar refractivity (Wildman–Crippen MR) is 120 cm³/mol. The number of amides is 2. The normalized spacial score (nSPS) is 22.5. The summed E-state index contributed by atoms with van der Waals surface area (Å²) in [4.78, 5) is 26.7. The third-order valence-corrected chi connectivity index (χ3v) is 5.81. The standard InChI is InChI=1S/C24H27ClN2O4/c1-23(2,3)31-22(29)27-15-24(13-20(27)14-30-24)12-16-4-10-19(11-5-16)26-21(28)17-6-8-18(25)9-7-17/h4-11,20H,12-15H2,1-3H3,(H,26,28)/t20-,24-/m1/s1. The second-order valence-corrected chi connectivity index (χ2v) is 9.73. The number of likely N-dealkylation sites (tertiary alicyclic amines) is 1. The van der Waals surface area contributed by atoms with E-state index in [9.17, 15) is 9.59 Å². The maximum absolute atomic E-state index is 12.5. The largest absolute Gasteiger partial charge is 0.444 e. The van der Waals surface area contributed by atoms with Crippen molar-refractivity contribution in [1.82, 2.24) is 4.90 Å². The van der Waals surface area contributed by atoms with Gasteiger partial charge in [0.05, 0.1) is 24.8 Å². The molecule has 0 radical (unpaired) electrons. The van der Waals surface area contributed by atoms with Crippen LogP contribution in [0.2, 0.25) is 5.02 Å². The van der Waals surface area contributed by atoms with Gasteiger partial charge in [-0.2, -0.15) is 0 Å². The van der Waals surface area contributed by atoms with Crippen LogP contribution in [0.4, 0.5) is 10.5 Å². The van der Waals surface area contributed by atoms with Gasteiger partial charge in [-0.25, -0.2) is 4.79 Å². The second-order valence-electron chi connectivity index (χ2n) is 9.29. The molecule has 164 valence electrons. The number of anilines is 1. The number of nitrogens with zero attached hydrogens (tertiary/aromatic N) is 1. The monoisotopic (exact) mass is 442 g/mol. The van der Waals surface area contributed by atoms with Crippen LogP contribution in [0.3, 0.4) is 0 Å². The van der Waals surface area contributed by atoms with E-state index in [2.05, 4.69) is 5.32 Å². The summed E-state index contributed by atoms with van der Waals surface area (Å²) in [6, 6.07) is 14.6. The van der Waals surface area contributed by atoms with Gasteiger partial charge in [0.15, 0.2) is 0 Å². The van der Waals surface area contributed by atoms with Crippen molar-refractivity contribution in [2.75, 3.05) is 18.5 Å². The maximum Gasteiger partial charge on any atom is 0.410 e. The number of ether oxygens (including phenoxy) is 2. The Morgan fingerprint density at radius 3 is 2.48 bits per heavy atom. The summed E-state index contributed by atoms with van der Waals surface area (Å²) in [5, 5.41) is 3.48. The van der Waals surface area contributed by atoms with Gasteiger partial charge in [0.25, 0.3) is 5.91 Å². The first-order valence-electron chi connectivity index (χ1n) is 10.4. The van der Waals surface area contributed by atoms with Crippen LogP contribution >= 0.6 is 11.6 Å². The third-order valence-electron chi connectivity index (χ3n) is 5.56. The number of morpholine rings is 1. The SMILES string of the molecule is CC(C)(C)OC(=O)N1C[C@@]2(Cc3ccc(NC(=O)c4ccc(Cl)cc4)cc3)C[C@@H]1CO2. The second kappa shape index (κ2) is 8.17. The number of nitrogens with one attached hydrogen (secondary N) is 1. The van der Waals surface area contributed by atoms with Gasteiger partial charge >= 0.3 is 6.09 Å². The van der Waals surface area contributed by atoms with Crippen LogP contribution in [-0.4, -0.2) is 47.3 Å². The molecule has 2 aromatic carbocycles. The fraction of sp³-hybridized carbons (Fsp3) is 0.417. The minimum absolute atomic E-state index is 0.0628. The molecule has 0 saturated carbocycles. The third kappa shape index (κ3) is 5.02. The summed E-state index contributed by atoms with van der Waals surface area (Å²) in [7, 11) is 0. The Hall–Kier alpha value is -2.57. The highest BCUT2D eigenvalue weighted by atomic mass is 35.5. The lowest BCUT2D eigenvalue weighted by atomic mass is 9.93. The summed E-state index contributed by atoms with van der Waals surface area (Å²) in [5.74, 6) is -0.186. The molecule has 2 aliphatic rings. The topological polar surface area (TPSA) is 67.9 Å². The van der Waals surface area contributed by atoms with Gasteiger partial charge < -0.3 is 14.8 Å². The number of hydrogen-bond acceptors (Lipinski definition) is 4. The predicted octanol–water partition coefficient (Wildman–Crippen LogP) is 4.91. The smallest absolute Gasteiger partial charge is 0.410 e. The fourth-order valence-corrected chi connectivity index (χ4v) is 4.29. The molecule has 0 aliphatic carbocycles. The van der Waals surface area contributed by atoms with Gasteiger partial charge in [-0.15, -0.1) is 0 Å². The Labute approximate surface area is 187 Å². The average Bonchev–Trinajstić information content (AvgIpc) is 3.27. The zero-order valence-electron chi connectivity index (χ0n) is 18.0. The Balaban J connectivity index is 1.37. The molecule has 6 nitrogen and oxygen atoms in total. The molecule has 7 heteroatoms. The molecule has 0 unspecified atom stereocenters. The zero-order chi connectivity index (χ0) is 22.2. The molecule has 2 aliphatic heterocycles. The summed E-state index contributed by atoms with van der Waals surface area (Å²) < 4.78 is 11.6. The van der Waals surface area contributed by atoms with E-state index >= 15 is 0 Å². The molecular formula is C24H27ClN2O4. The highest BCUT2D eigenvalue weighted by Crippen LogP contribution is 2.40. The molecule has 4 rings (SSSR count). The number of fused-ring (bicyclic) bond motifs is 2. The minimum atomic E-state index is -0.515. The fourth-order valence-electron chi connectivity index (χ4n) is 4.17. The molecule has 0 aromatic heterocycles. The van der Waals surface area contributed by atoms with Crippen LogP contribution in [0.15, 0.2) is 48.5 Å². The molecule has 1 N–H and O–H groups in total. The lowest BCUT2D eigenvalue weighted by Crippen LogP contribution is -2.48. The van der Waals surface area contributed by atoms with Crippen LogP contribution in [0, 0.1) is 0 Å². The van der Waals surface area contributed by atoms with Crippen molar-refractivity contribution in [3.05, 3.63) is 64.7 Å². The van der Waals surface area contributed by atoms with Crippen molar-refractivity contribution in [3.8, 4) is 0 Å². The number of carbonyl (C=O) groups excluding carboxylic acids is 2. The van der Waals surface area contributed by atoms with Crippen LogP contribution in [0.5, 0.6) is 0 Å². The molecule has 31 heavy (non-hydrogen) atoms. The van der Waals surface area contributed by atoms with Crippen LogP contribution in [-0.2, 0) is 15.9 Å². The van der Waals surface area contributed by atoms with E-state index in [0.29, 0.717) is 35.8 Å². The number of rotatable bonds is 4. The Morgan fingerprint density at radius 2 is 1.84 bits per heavy atom. The summed E-state index contributed by atoms with van der Waals surface area (Å²) in [6.45, 7) is 6.69. The lowest BCUT2D eigenvalue weighted by Gasteiger charge is -2.34. The molecule has 2 amide bonds. The van der Waals surface area contributed by atoms with Gasteiger partial charge in [0.2, 0.25) is 0 Å². The van der Waals surface area contributed by atoms with Crippen molar-refractivity contribution in [1.29, 1.82) is 0 Å². The molecule has 2 fully saturated rings. The maximum atomic E-state index is 12.5. The highest BCUT2D eigenvalue weighted by molar-refractivity contribution is 6.30. The first-order chi connectivity index (χ1) is 14.6. The van der Waals surface area contributed by atoms with E-state index in [1.54, 1.807) is 29.2 Å². The zero-order valence-corrected chi connectivity index (χ0v) is 18.7. The minimum Gasteiger partial charge on any atom is -0.444 e. The number of hydrogen-bond donors (Lipinski definition) is 1. The van der Waals surface area contributed by atoms with Crippen LogP contribution in [0.25, 0.3) is 0 Å². The van der Waals surface area contributed by atoms with Crippen molar-refractivity contribution < 1.29 is 19.1 Å². The number of halogens is 1. The Bertz CT molecular complexity index is 969. The summed E-state index contributed by atoms with van der Waals surface area (Å²) in [5.41, 5.74) is 1.46. The molecule has 0 spiro atoms. The van der Waals surface area contributed by atoms with Crippen molar-refractivity contribution in [3.63, 3.8) is 0 Å². The first kappa shape index (κ1) is 21.7. The van der Waals surface area contributed by atoms with Crippen LogP contribution in [0.1, 0.15) is 43.1 Å². The van der Waals surface area contributed by atoms with E-state index in [-0.39, 0.29) is 23.6 Å². The van der Waals surface area contributed by atoms with Gasteiger partial charge in [0.1, 0.15) is 5.60 Å². The number of benzene rings is 2. The van der Waals surface area contributed by atoms with Gasteiger partial charge in [-0.05, 0) is 62.7 Å². The number of carbonyl (C=O) groups is 2. The molecule has 2 bridgehead atoms. The molecular weight excluding hydrogens is 416 g/mol. The van der Waals surface area contributed by atoms with E-state index < -0.39 is 5.60 Å². The molecule has 2 atom stereocenters. The quantitative estimate of drug-likeness (QED) is 0.730. The van der Waals surface area contributed by atoms with E-state index in [4.69, 9.17) is 21.1 Å². The van der Waals surface area contributed by atoms with Crippen molar-refractivity contribution in [2.45, 2.75) is 50.9 Å². The van der Waals surface area contributed by atoms with Gasteiger partial charge in [0, 0.05) is 29.1 Å².